The van der Waals surface area contributed by atoms with Gasteiger partial charge in [0.25, 0.3) is 0 Å². The molecule has 3 nitrogen and oxygen atoms in total. The van der Waals surface area contributed by atoms with Crippen molar-refractivity contribution in [1.82, 2.24) is 5.32 Å². The second kappa shape index (κ2) is 6.85. The molecule has 0 spiro atoms. The van der Waals surface area contributed by atoms with Crippen molar-refractivity contribution in [2.24, 2.45) is 0 Å². The molecule has 2 aromatic rings. The first-order valence-electron chi connectivity index (χ1n) is 8.22. The molecule has 1 fully saturated rings. The Hall–Kier alpha value is -2.31. The average Bonchev–Trinajstić information content (AvgIpc) is 2.58. The maximum Gasteiger partial charge on any atom is 0.0991 e. The quantitative estimate of drug-likeness (QED) is 0.946. The molecule has 1 heterocycles. The van der Waals surface area contributed by atoms with Crippen LogP contribution < -0.4 is 10.2 Å². The standard InChI is InChI=1S/C20H23N3/c1-15-3-5-18(16(2)11-15)13-19-12-17(14-21)4-6-20(19)23-9-7-22-8-10-23/h3-6,11-12,22H,7-10,13H2,1-2H3. The third-order valence-electron chi connectivity index (χ3n) is 4.55. The smallest absolute Gasteiger partial charge is 0.0991 e. The lowest BCUT2D eigenvalue weighted by atomic mass is 9.96. The van der Waals surface area contributed by atoms with Gasteiger partial charge in [-0.1, -0.05) is 23.8 Å². The van der Waals surface area contributed by atoms with Gasteiger partial charge >= 0.3 is 0 Å². The summed E-state index contributed by atoms with van der Waals surface area (Å²) in [5, 5.41) is 12.6. The van der Waals surface area contributed by atoms with E-state index >= 15 is 0 Å². The highest BCUT2D eigenvalue weighted by atomic mass is 15.2. The van der Waals surface area contributed by atoms with Gasteiger partial charge in [0.1, 0.15) is 0 Å². The first-order valence-corrected chi connectivity index (χ1v) is 8.22. The fraction of sp³-hybridized carbons (Fsp3) is 0.350. The van der Waals surface area contributed by atoms with Crippen molar-refractivity contribution < 1.29 is 0 Å². The van der Waals surface area contributed by atoms with Crippen molar-refractivity contribution in [2.45, 2.75) is 20.3 Å². The second-order valence-electron chi connectivity index (χ2n) is 6.30. The van der Waals surface area contributed by atoms with Gasteiger partial charge in [-0.05, 0) is 55.2 Å². The van der Waals surface area contributed by atoms with E-state index in [2.05, 4.69) is 60.5 Å². The first kappa shape index (κ1) is 15.6. The lowest BCUT2D eigenvalue weighted by Crippen LogP contribution is -2.43. The zero-order valence-corrected chi connectivity index (χ0v) is 13.9. The normalized spacial score (nSPS) is 14.6. The Morgan fingerprint density at radius 1 is 1.04 bits per heavy atom. The Bertz CT molecular complexity index is 737. The Morgan fingerprint density at radius 2 is 1.83 bits per heavy atom. The molecule has 1 N–H and O–H groups in total. The van der Waals surface area contributed by atoms with Crippen LogP contribution in [0, 0.1) is 25.2 Å². The van der Waals surface area contributed by atoms with Crippen LogP contribution in [0.3, 0.4) is 0 Å². The minimum Gasteiger partial charge on any atom is -0.369 e. The van der Waals surface area contributed by atoms with Crippen LogP contribution in [-0.2, 0) is 6.42 Å². The molecule has 0 atom stereocenters. The number of hydrogen-bond donors (Lipinski definition) is 1. The number of nitrogens with zero attached hydrogens (tertiary/aromatic N) is 2. The Kier molecular flexibility index (Phi) is 4.64. The fourth-order valence-corrected chi connectivity index (χ4v) is 3.26. The van der Waals surface area contributed by atoms with Crippen molar-refractivity contribution >= 4 is 5.69 Å². The summed E-state index contributed by atoms with van der Waals surface area (Å²) >= 11 is 0. The Labute approximate surface area is 138 Å². The highest BCUT2D eigenvalue weighted by molar-refractivity contribution is 5.58. The molecule has 0 aromatic heterocycles. The van der Waals surface area contributed by atoms with Crippen LogP contribution in [0.25, 0.3) is 0 Å². The summed E-state index contributed by atoms with van der Waals surface area (Å²) in [6, 6.07) is 15.0. The van der Waals surface area contributed by atoms with Crippen molar-refractivity contribution in [3.63, 3.8) is 0 Å². The average molecular weight is 305 g/mol. The molecule has 3 rings (SSSR count). The molecule has 23 heavy (non-hydrogen) atoms. The molecule has 1 aliphatic rings. The van der Waals surface area contributed by atoms with Crippen LogP contribution >= 0.6 is 0 Å². The lowest BCUT2D eigenvalue weighted by molar-refractivity contribution is 0.588. The maximum atomic E-state index is 9.25. The van der Waals surface area contributed by atoms with E-state index in [1.165, 1.54) is 27.9 Å². The zero-order chi connectivity index (χ0) is 16.2. The summed E-state index contributed by atoms with van der Waals surface area (Å²) in [5.74, 6) is 0. The van der Waals surface area contributed by atoms with Gasteiger partial charge < -0.3 is 10.2 Å². The largest absolute Gasteiger partial charge is 0.369 e. The second-order valence-corrected chi connectivity index (χ2v) is 6.30. The SMILES string of the molecule is Cc1ccc(Cc2cc(C#N)ccc2N2CCNCC2)c(C)c1. The number of aryl methyl sites for hydroxylation is 2. The summed E-state index contributed by atoms with van der Waals surface area (Å²) in [6.45, 7) is 8.36. The number of rotatable bonds is 3. The van der Waals surface area contributed by atoms with Crippen LogP contribution in [0.2, 0.25) is 0 Å². The number of nitriles is 1. The van der Waals surface area contributed by atoms with Gasteiger partial charge in [-0.25, -0.2) is 0 Å². The van der Waals surface area contributed by atoms with E-state index in [9.17, 15) is 5.26 Å². The van der Waals surface area contributed by atoms with Crippen molar-refractivity contribution in [1.29, 1.82) is 5.26 Å². The minimum absolute atomic E-state index is 0.739. The first-order chi connectivity index (χ1) is 11.2. The summed E-state index contributed by atoms with van der Waals surface area (Å²) in [7, 11) is 0. The van der Waals surface area contributed by atoms with Gasteiger partial charge in [0.15, 0.2) is 0 Å². The van der Waals surface area contributed by atoms with Crippen LogP contribution in [0.1, 0.15) is 27.8 Å². The van der Waals surface area contributed by atoms with E-state index in [0.717, 1.165) is 38.2 Å². The van der Waals surface area contributed by atoms with Crippen molar-refractivity contribution in [2.75, 3.05) is 31.1 Å². The third kappa shape index (κ3) is 3.55. The molecule has 1 saturated heterocycles. The van der Waals surface area contributed by atoms with E-state index in [1.807, 2.05) is 6.07 Å². The van der Waals surface area contributed by atoms with Gasteiger partial charge in [0, 0.05) is 31.9 Å². The molecule has 3 heteroatoms. The third-order valence-corrected chi connectivity index (χ3v) is 4.55. The van der Waals surface area contributed by atoms with Gasteiger partial charge in [0.05, 0.1) is 11.6 Å². The predicted octanol–water partition coefficient (Wildman–Crippen LogP) is 3.18. The number of hydrogen-bond acceptors (Lipinski definition) is 3. The van der Waals surface area contributed by atoms with E-state index in [-0.39, 0.29) is 0 Å². The lowest BCUT2D eigenvalue weighted by Gasteiger charge is -2.31. The van der Waals surface area contributed by atoms with Crippen molar-refractivity contribution in [3.8, 4) is 6.07 Å². The van der Waals surface area contributed by atoms with Crippen LogP contribution in [0.15, 0.2) is 36.4 Å². The van der Waals surface area contributed by atoms with E-state index in [1.54, 1.807) is 0 Å². The molecule has 0 bridgehead atoms. The highest BCUT2D eigenvalue weighted by Gasteiger charge is 2.15. The molecule has 2 aromatic carbocycles. The monoisotopic (exact) mass is 305 g/mol. The molecular formula is C20H23N3. The summed E-state index contributed by atoms with van der Waals surface area (Å²) in [6.07, 6.45) is 0.876. The molecule has 118 valence electrons. The minimum atomic E-state index is 0.739. The Morgan fingerprint density at radius 3 is 2.52 bits per heavy atom. The number of anilines is 1. The number of piperazine rings is 1. The van der Waals surface area contributed by atoms with Crippen LogP contribution in [-0.4, -0.2) is 26.2 Å². The molecule has 0 radical (unpaired) electrons. The molecule has 0 unspecified atom stereocenters. The van der Waals surface area contributed by atoms with Gasteiger partial charge in [-0.3, -0.25) is 0 Å². The van der Waals surface area contributed by atoms with E-state index in [0.29, 0.717) is 0 Å². The maximum absolute atomic E-state index is 9.25. The van der Waals surface area contributed by atoms with Gasteiger partial charge in [-0.2, -0.15) is 5.26 Å². The molecular weight excluding hydrogens is 282 g/mol. The van der Waals surface area contributed by atoms with E-state index in [4.69, 9.17) is 0 Å². The summed E-state index contributed by atoms with van der Waals surface area (Å²) in [4.78, 5) is 2.43. The molecule has 1 aliphatic heterocycles. The highest BCUT2D eigenvalue weighted by Crippen LogP contribution is 2.26. The van der Waals surface area contributed by atoms with Crippen molar-refractivity contribution in [3.05, 3.63) is 64.2 Å². The van der Waals surface area contributed by atoms with E-state index < -0.39 is 0 Å². The van der Waals surface area contributed by atoms with Crippen LogP contribution in [0.4, 0.5) is 5.69 Å². The summed E-state index contributed by atoms with van der Waals surface area (Å²) in [5.41, 5.74) is 7.20. The number of benzene rings is 2. The van der Waals surface area contributed by atoms with Gasteiger partial charge in [-0.15, -0.1) is 0 Å². The zero-order valence-electron chi connectivity index (χ0n) is 13.9. The Balaban J connectivity index is 1.96. The fourth-order valence-electron chi connectivity index (χ4n) is 3.26. The topological polar surface area (TPSA) is 39.1 Å². The van der Waals surface area contributed by atoms with Gasteiger partial charge in [0.2, 0.25) is 0 Å². The summed E-state index contributed by atoms with van der Waals surface area (Å²) < 4.78 is 0. The molecule has 0 amide bonds. The van der Waals surface area contributed by atoms with Crippen LogP contribution in [0.5, 0.6) is 0 Å². The predicted molar refractivity (Wildman–Crippen MR) is 95.0 cm³/mol. The molecule has 0 aliphatic carbocycles. The number of nitrogens with one attached hydrogen (secondary N) is 1. The molecule has 0 saturated carbocycles.